The first-order valence-corrected chi connectivity index (χ1v) is 6.27. The van der Waals surface area contributed by atoms with Crippen LogP contribution in [0.2, 0.25) is 0 Å². The minimum atomic E-state index is -0.0511. The van der Waals surface area contributed by atoms with Crippen molar-refractivity contribution >= 4 is 17.3 Å². The lowest BCUT2D eigenvalue weighted by molar-refractivity contribution is -0.115. The number of rotatable bonds is 3. The van der Waals surface area contributed by atoms with Gasteiger partial charge in [-0.2, -0.15) is 0 Å². The van der Waals surface area contributed by atoms with Crippen molar-refractivity contribution in [2.75, 3.05) is 11.1 Å². The van der Waals surface area contributed by atoms with Crippen LogP contribution < -0.4 is 11.1 Å². The Hall–Kier alpha value is -2.29. The number of nitrogens with two attached hydrogens (primary N) is 1. The number of amides is 1. The van der Waals surface area contributed by atoms with Crippen molar-refractivity contribution in [3.05, 3.63) is 59.2 Å². The Morgan fingerprint density at radius 1 is 1.11 bits per heavy atom. The summed E-state index contributed by atoms with van der Waals surface area (Å²) in [5.41, 5.74) is 10.3. The summed E-state index contributed by atoms with van der Waals surface area (Å²) in [6.07, 6.45) is 0.355. The van der Waals surface area contributed by atoms with Crippen molar-refractivity contribution in [3.8, 4) is 0 Å². The number of carbonyl (C=O) groups is 1. The first kappa shape index (κ1) is 13.1. The van der Waals surface area contributed by atoms with Crippen LogP contribution in [0.4, 0.5) is 11.4 Å². The Balaban J connectivity index is 2.07. The molecule has 1 amide bonds. The molecule has 0 radical (unpaired) electrons. The monoisotopic (exact) mass is 254 g/mol. The molecule has 0 aliphatic carbocycles. The largest absolute Gasteiger partial charge is 0.397 e. The van der Waals surface area contributed by atoms with E-state index in [2.05, 4.69) is 5.32 Å². The number of para-hydroxylation sites is 1. The minimum Gasteiger partial charge on any atom is -0.397 e. The van der Waals surface area contributed by atoms with Crippen LogP contribution in [0.25, 0.3) is 0 Å². The van der Waals surface area contributed by atoms with E-state index < -0.39 is 0 Å². The van der Waals surface area contributed by atoms with E-state index >= 15 is 0 Å². The molecule has 2 aromatic carbocycles. The summed E-state index contributed by atoms with van der Waals surface area (Å²) in [6.45, 7) is 3.95. The molecule has 0 spiro atoms. The molecule has 3 nitrogen and oxygen atoms in total. The molecule has 98 valence electrons. The van der Waals surface area contributed by atoms with Gasteiger partial charge in [0.05, 0.1) is 17.8 Å². The van der Waals surface area contributed by atoms with Crippen molar-refractivity contribution in [2.24, 2.45) is 0 Å². The summed E-state index contributed by atoms with van der Waals surface area (Å²) < 4.78 is 0. The second-order valence-electron chi connectivity index (χ2n) is 4.75. The molecule has 0 saturated carbocycles. The Kier molecular flexibility index (Phi) is 3.85. The van der Waals surface area contributed by atoms with Gasteiger partial charge in [-0.05, 0) is 31.0 Å². The van der Waals surface area contributed by atoms with E-state index in [4.69, 9.17) is 5.73 Å². The highest BCUT2D eigenvalue weighted by atomic mass is 16.1. The zero-order chi connectivity index (χ0) is 13.8. The lowest BCUT2D eigenvalue weighted by Gasteiger charge is -2.11. The molecule has 0 heterocycles. The molecule has 0 saturated heterocycles. The number of hydrogen-bond acceptors (Lipinski definition) is 2. The molecule has 0 unspecified atom stereocenters. The van der Waals surface area contributed by atoms with E-state index in [1.54, 1.807) is 6.07 Å². The highest BCUT2D eigenvalue weighted by Crippen LogP contribution is 2.22. The first-order valence-electron chi connectivity index (χ1n) is 6.27. The van der Waals surface area contributed by atoms with Crippen molar-refractivity contribution < 1.29 is 4.79 Å². The second kappa shape index (κ2) is 5.57. The zero-order valence-electron chi connectivity index (χ0n) is 11.2. The van der Waals surface area contributed by atoms with Gasteiger partial charge in [-0.3, -0.25) is 4.79 Å². The third kappa shape index (κ3) is 3.35. The summed E-state index contributed by atoms with van der Waals surface area (Å²) in [5, 5.41) is 2.88. The first-order chi connectivity index (χ1) is 9.06. The van der Waals surface area contributed by atoms with Gasteiger partial charge in [-0.1, -0.05) is 42.0 Å². The van der Waals surface area contributed by atoms with Crippen molar-refractivity contribution in [2.45, 2.75) is 20.3 Å². The number of nitrogens with one attached hydrogen (secondary N) is 1. The van der Waals surface area contributed by atoms with E-state index in [1.807, 2.05) is 50.2 Å². The van der Waals surface area contributed by atoms with E-state index in [0.717, 1.165) is 11.1 Å². The Morgan fingerprint density at radius 3 is 2.42 bits per heavy atom. The quantitative estimate of drug-likeness (QED) is 0.827. The summed E-state index contributed by atoms with van der Waals surface area (Å²) in [6, 6.07) is 13.5. The predicted molar refractivity (Wildman–Crippen MR) is 79.1 cm³/mol. The molecule has 0 aliphatic rings. The van der Waals surface area contributed by atoms with Gasteiger partial charge in [-0.15, -0.1) is 0 Å². The van der Waals surface area contributed by atoms with Gasteiger partial charge in [-0.25, -0.2) is 0 Å². The topological polar surface area (TPSA) is 55.1 Å². The summed E-state index contributed by atoms with van der Waals surface area (Å²) in [5.74, 6) is -0.0511. The highest BCUT2D eigenvalue weighted by molar-refractivity contribution is 5.96. The van der Waals surface area contributed by atoms with Crippen molar-refractivity contribution in [3.63, 3.8) is 0 Å². The Morgan fingerprint density at radius 2 is 1.79 bits per heavy atom. The maximum Gasteiger partial charge on any atom is 0.228 e. The van der Waals surface area contributed by atoms with Crippen molar-refractivity contribution in [1.82, 2.24) is 0 Å². The molecule has 0 aromatic heterocycles. The number of aryl methyl sites for hydroxylation is 2. The molecule has 19 heavy (non-hydrogen) atoms. The fraction of sp³-hybridized carbons (Fsp3) is 0.188. The number of anilines is 2. The lowest BCUT2D eigenvalue weighted by Crippen LogP contribution is -2.16. The molecule has 0 bridgehead atoms. The molecule has 2 rings (SSSR count). The number of carbonyl (C=O) groups excluding carboxylic acids is 1. The summed E-state index contributed by atoms with van der Waals surface area (Å²) in [7, 11) is 0. The van der Waals surface area contributed by atoms with Gasteiger partial charge in [0.25, 0.3) is 0 Å². The predicted octanol–water partition coefficient (Wildman–Crippen LogP) is 3.07. The standard InChI is InChI=1S/C16H18N2O/c1-11-6-8-13(9-7-11)10-15(19)18-16-12(2)4-3-5-14(16)17/h3-9H,10,17H2,1-2H3,(H,18,19). The van der Waals surface area contributed by atoms with Gasteiger partial charge in [0.1, 0.15) is 0 Å². The van der Waals surface area contributed by atoms with E-state index in [0.29, 0.717) is 17.8 Å². The van der Waals surface area contributed by atoms with Crippen LogP contribution >= 0.6 is 0 Å². The number of hydrogen-bond donors (Lipinski definition) is 2. The average Bonchev–Trinajstić information content (AvgIpc) is 2.37. The van der Waals surface area contributed by atoms with E-state index in [-0.39, 0.29) is 5.91 Å². The molecular weight excluding hydrogens is 236 g/mol. The number of nitrogen functional groups attached to an aromatic ring is 1. The van der Waals surface area contributed by atoms with Crippen LogP contribution in [0, 0.1) is 13.8 Å². The molecular formula is C16H18N2O. The minimum absolute atomic E-state index is 0.0511. The van der Waals surface area contributed by atoms with Crippen LogP contribution in [-0.4, -0.2) is 5.91 Å². The smallest absolute Gasteiger partial charge is 0.228 e. The van der Waals surface area contributed by atoms with Crippen LogP contribution in [0.5, 0.6) is 0 Å². The van der Waals surface area contributed by atoms with Gasteiger partial charge in [0.2, 0.25) is 5.91 Å². The Bertz CT molecular complexity index is 568. The van der Waals surface area contributed by atoms with Crippen LogP contribution in [-0.2, 0) is 11.2 Å². The Labute approximate surface area is 113 Å². The summed E-state index contributed by atoms with van der Waals surface area (Å²) >= 11 is 0. The number of benzene rings is 2. The maximum atomic E-state index is 12.0. The zero-order valence-corrected chi connectivity index (χ0v) is 11.2. The molecule has 3 N–H and O–H groups in total. The van der Waals surface area contributed by atoms with Gasteiger partial charge >= 0.3 is 0 Å². The lowest BCUT2D eigenvalue weighted by atomic mass is 10.1. The van der Waals surface area contributed by atoms with Crippen LogP contribution in [0.1, 0.15) is 16.7 Å². The average molecular weight is 254 g/mol. The third-order valence-corrected chi connectivity index (χ3v) is 3.05. The second-order valence-corrected chi connectivity index (χ2v) is 4.75. The fourth-order valence-electron chi connectivity index (χ4n) is 1.94. The highest BCUT2D eigenvalue weighted by Gasteiger charge is 2.08. The normalized spacial score (nSPS) is 10.2. The fourth-order valence-corrected chi connectivity index (χ4v) is 1.94. The van der Waals surface area contributed by atoms with Gasteiger partial charge in [0, 0.05) is 0 Å². The molecule has 0 atom stereocenters. The van der Waals surface area contributed by atoms with Crippen LogP contribution in [0.15, 0.2) is 42.5 Å². The SMILES string of the molecule is Cc1ccc(CC(=O)Nc2c(C)cccc2N)cc1. The molecule has 0 aliphatic heterocycles. The third-order valence-electron chi connectivity index (χ3n) is 3.05. The van der Waals surface area contributed by atoms with Crippen molar-refractivity contribution in [1.29, 1.82) is 0 Å². The molecule has 0 fully saturated rings. The molecule has 2 aromatic rings. The van der Waals surface area contributed by atoms with Gasteiger partial charge < -0.3 is 11.1 Å². The van der Waals surface area contributed by atoms with Crippen LogP contribution in [0.3, 0.4) is 0 Å². The van der Waals surface area contributed by atoms with E-state index in [1.165, 1.54) is 5.56 Å². The van der Waals surface area contributed by atoms with E-state index in [9.17, 15) is 4.79 Å². The molecule has 3 heteroatoms. The van der Waals surface area contributed by atoms with Gasteiger partial charge in [0.15, 0.2) is 0 Å². The summed E-state index contributed by atoms with van der Waals surface area (Å²) in [4.78, 5) is 12.0. The maximum absolute atomic E-state index is 12.0.